The summed E-state index contributed by atoms with van der Waals surface area (Å²) in [5, 5.41) is 0. The Morgan fingerprint density at radius 2 is 1.76 bits per heavy atom. The van der Waals surface area contributed by atoms with Gasteiger partial charge in [-0.2, -0.15) is 0 Å². The van der Waals surface area contributed by atoms with Gasteiger partial charge in [0.1, 0.15) is 5.75 Å². The van der Waals surface area contributed by atoms with Crippen LogP contribution < -0.4 is 9.64 Å². The number of hydrogen-bond acceptors (Lipinski definition) is 3. The highest BCUT2D eigenvalue weighted by Gasteiger charge is 2.10. The molecule has 0 aliphatic rings. The van der Waals surface area contributed by atoms with Crippen LogP contribution in [0, 0.1) is 6.92 Å². The van der Waals surface area contributed by atoms with Crippen LogP contribution in [-0.2, 0) is 0 Å². The lowest BCUT2D eigenvalue weighted by atomic mass is 10.0. The van der Waals surface area contributed by atoms with Crippen molar-refractivity contribution in [2.24, 2.45) is 0 Å². The number of methoxy groups -OCH3 is 1. The molecule has 0 saturated heterocycles. The van der Waals surface area contributed by atoms with E-state index in [4.69, 9.17) is 4.74 Å². The van der Waals surface area contributed by atoms with Crippen LogP contribution in [0.4, 0.5) is 5.69 Å². The quantitative estimate of drug-likeness (QED) is 0.757. The van der Waals surface area contributed by atoms with Gasteiger partial charge in [0.15, 0.2) is 5.78 Å². The predicted octanol–water partition coefficient (Wildman–Crippen LogP) is 3.71. The van der Waals surface area contributed by atoms with E-state index in [-0.39, 0.29) is 5.78 Å². The van der Waals surface area contributed by atoms with Crippen molar-refractivity contribution in [1.29, 1.82) is 0 Å². The Kier molecular flexibility index (Phi) is 4.99. The highest BCUT2D eigenvalue weighted by molar-refractivity contribution is 5.97. The van der Waals surface area contributed by atoms with E-state index < -0.39 is 0 Å². The molecule has 2 aromatic carbocycles. The van der Waals surface area contributed by atoms with Gasteiger partial charge >= 0.3 is 0 Å². The third-order valence-corrected chi connectivity index (χ3v) is 3.63. The zero-order valence-corrected chi connectivity index (χ0v) is 12.8. The Balaban J connectivity index is 1.95. The number of ketones is 1. The fourth-order valence-corrected chi connectivity index (χ4v) is 2.26. The fourth-order valence-electron chi connectivity index (χ4n) is 2.26. The van der Waals surface area contributed by atoms with Crippen molar-refractivity contribution >= 4 is 11.5 Å². The highest BCUT2D eigenvalue weighted by atomic mass is 16.5. The molecule has 0 radical (unpaired) electrons. The number of anilines is 1. The van der Waals surface area contributed by atoms with Crippen LogP contribution in [-0.4, -0.2) is 26.5 Å². The molecule has 3 nitrogen and oxygen atoms in total. The number of Topliss-reactive ketones (excluding diaryl/α,β-unsaturated/α-hetero) is 1. The van der Waals surface area contributed by atoms with Gasteiger partial charge in [-0.1, -0.05) is 24.3 Å². The van der Waals surface area contributed by atoms with Crippen LogP contribution >= 0.6 is 0 Å². The molecule has 0 aromatic heterocycles. The first kappa shape index (κ1) is 15.1. The summed E-state index contributed by atoms with van der Waals surface area (Å²) in [6.45, 7) is 2.67. The highest BCUT2D eigenvalue weighted by Crippen LogP contribution is 2.18. The van der Waals surface area contributed by atoms with E-state index in [1.54, 1.807) is 7.11 Å². The van der Waals surface area contributed by atoms with Crippen molar-refractivity contribution in [3.63, 3.8) is 0 Å². The van der Waals surface area contributed by atoms with Crippen molar-refractivity contribution in [3.05, 3.63) is 59.7 Å². The molecule has 0 N–H and O–H groups in total. The number of aryl methyl sites for hydroxylation is 1. The van der Waals surface area contributed by atoms with E-state index in [1.165, 1.54) is 0 Å². The van der Waals surface area contributed by atoms with Gasteiger partial charge in [0.25, 0.3) is 0 Å². The molecular formula is C18H21NO2. The number of nitrogens with zero attached hydrogens (tertiary/aromatic N) is 1. The second-order valence-electron chi connectivity index (χ2n) is 5.11. The molecule has 0 aliphatic heterocycles. The van der Waals surface area contributed by atoms with Gasteiger partial charge in [0, 0.05) is 31.3 Å². The summed E-state index contributed by atoms with van der Waals surface area (Å²) in [4.78, 5) is 14.3. The predicted molar refractivity (Wildman–Crippen MR) is 86.4 cm³/mol. The van der Waals surface area contributed by atoms with E-state index in [1.807, 2.05) is 62.5 Å². The van der Waals surface area contributed by atoms with Gasteiger partial charge in [0.2, 0.25) is 0 Å². The van der Waals surface area contributed by atoms with Crippen LogP contribution in [0.25, 0.3) is 0 Å². The topological polar surface area (TPSA) is 29.5 Å². The Bertz CT molecular complexity index is 605. The smallest absolute Gasteiger partial charge is 0.164 e. The number of hydrogen-bond donors (Lipinski definition) is 0. The third kappa shape index (κ3) is 3.85. The standard InChI is InChI=1S/C18H21NO2/c1-14-6-4-5-7-17(14)18(20)12-13-19(2)15-8-10-16(21-3)11-9-15/h4-11H,12-13H2,1-3H3. The summed E-state index contributed by atoms with van der Waals surface area (Å²) in [5.74, 6) is 1.02. The monoisotopic (exact) mass is 283 g/mol. The number of carbonyl (C=O) groups is 1. The second-order valence-corrected chi connectivity index (χ2v) is 5.11. The SMILES string of the molecule is COc1ccc(N(C)CCC(=O)c2ccccc2C)cc1. The van der Waals surface area contributed by atoms with Gasteiger partial charge in [-0.3, -0.25) is 4.79 Å². The minimum atomic E-state index is 0.188. The van der Waals surface area contributed by atoms with Crippen LogP contribution in [0.3, 0.4) is 0 Å². The minimum Gasteiger partial charge on any atom is -0.497 e. The maximum atomic E-state index is 12.3. The number of carbonyl (C=O) groups excluding carboxylic acids is 1. The molecule has 0 heterocycles. The largest absolute Gasteiger partial charge is 0.497 e. The van der Waals surface area contributed by atoms with Gasteiger partial charge in [-0.15, -0.1) is 0 Å². The first-order valence-corrected chi connectivity index (χ1v) is 7.06. The summed E-state index contributed by atoms with van der Waals surface area (Å²) in [7, 11) is 3.65. The Labute approximate surface area is 126 Å². The summed E-state index contributed by atoms with van der Waals surface area (Å²) >= 11 is 0. The molecule has 21 heavy (non-hydrogen) atoms. The zero-order chi connectivity index (χ0) is 15.2. The van der Waals surface area contributed by atoms with Crippen molar-refractivity contribution in [3.8, 4) is 5.75 Å². The molecule has 110 valence electrons. The van der Waals surface area contributed by atoms with Crippen molar-refractivity contribution in [2.75, 3.05) is 25.6 Å². The number of ether oxygens (including phenoxy) is 1. The van der Waals surface area contributed by atoms with Gasteiger partial charge in [-0.05, 0) is 36.8 Å². The molecule has 0 amide bonds. The maximum absolute atomic E-state index is 12.3. The van der Waals surface area contributed by atoms with E-state index >= 15 is 0 Å². The van der Waals surface area contributed by atoms with Crippen LogP contribution in [0.1, 0.15) is 22.3 Å². The lowest BCUT2D eigenvalue weighted by molar-refractivity contribution is 0.0984. The number of benzene rings is 2. The molecule has 0 fully saturated rings. The van der Waals surface area contributed by atoms with E-state index in [0.717, 1.165) is 22.6 Å². The maximum Gasteiger partial charge on any atom is 0.164 e. The third-order valence-electron chi connectivity index (χ3n) is 3.63. The van der Waals surface area contributed by atoms with Crippen molar-refractivity contribution < 1.29 is 9.53 Å². The summed E-state index contributed by atoms with van der Waals surface area (Å²) < 4.78 is 5.15. The zero-order valence-electron chi connectivity index (χ0n) is 12.8. The first-order chi connectivity index (χ1) is 10.1. The second kappa shape index (κ2) is 6.93. The van der Waals surface area contributed by atoms with Crippen molar-refractivity contribution in [1.82, 2.24) is 0 Å². The molecule has 2 rings (SSSR count). The van der Waals surface area contributed by atoms with E-state index in [2.05, 4.69) is 4.90 Å². The fraction of sp³-hybridized carbons (Fsp3) is 0.278. The number of rotatable bonds is 6. The Morgan fingerprint density at radius 1 is 1.10 bits per heavy atom. The lowest BCUT2D eigenvalue weighted by Gasteiger charge is -2.19. The average Bonchev–Trinajstić information content (AvgIpc) is 2.52. The molecule has 3 heteroatoms. The van der Waals surface area contributed by atoms with Crippen LogP contribution in [0.15, 0.2) is 48.5 Å². The van der Waals surface area contributed by atoms with Crippen molar-refractivity contribution in [2.45, 2.75) is 13.3 Å². The Morgan fingerprint density at radius 3 is 2.38 bits per heavy atom. The summed E-state index contributed by atoms with van der Waals surface area (Å²) in [6.07, 6.45) is 0.507. The first-order valence-electron chi connectivity index (χ1n) is 7.06. The van der Waals surface area contributed by atoms with Crippen LogP contribution in [0.2, 0.25) is 0 Å². The molecule has 2 aromatic rings. The lowest BCUT2D eigenvalue weighted by Crippen LogP contribution is -2.21. The summed E-state index contributed by atoms with van der Waals surface area (Å²) in [6, 6.07) is 15.6. The van der Waals surface area contributed by atoms with E-state index in [0.29, 0.717) is 13.0 Å². The van der Waals surface area contributed by atoms with Gasteiger partial charge in [-0.25, -0.2) is 0 Å². The average molecular weight is 283 g/mol. The molecule has 0 atom stereocenters. The molecule has 0 unspecified atom stereocenters. The van der Waals surface area contributed by atoms with E-state index in [9.17, 15) is 4.79 Å². The molecular weight excluding hydrogens is 262 g/mol. The molecule has 0 aliphatic carbocycles. The normalized spacial score (nSPS) is 10.2. The molecule has 0 spiro atoms. The van der Waals surface area contributed by atoms with Crippen LogP contribution in [0.5, 0.6) is 5.75 Å². The molecule has 0 bridgehead atoms. The summed E-state index contributed by atoms with van der Waals surface area (Å²) in [5.41, 5.74) is 2.93. The molecule has 0 saturated carbocycles. The van der Waals surface area contributed by atoms with Gasteiger partial charge in [0.05, 0.1) is 7.11 Å². The van der Waals surface area contributed by atoms with Gasteiger partial charge < -0.3 is 9.64 Å². The minimum absolute atomic E-state index is 0.188. The Hall–Kier alpha value is -2.29.